The summed E-state index contributed by atoms with van der Waals surface area (Å²) in [5.74, 6) is -0.275. The van der Waals surface area contributed by atoms with E-state index in [1.54, 1.807) is 6.08 Å². The molecule has 0 aromatic heterocycles. The van der Waals surface area contributed by atoms with Crippen LogP contribution in [0.5, 0.6) is 0 Å². The summed E-state index contributed by atoms with van der Waals surface area (Å²) in [5, 5.41) is 3.19. The highest BCUT2D eigenvalue weighted by Gasteiger charge is 1.95. The minimum absolute atomic E-state index is 0.275. The highest BCUT2D eigenvalue weighted by molar-refractivity contribution is 5.28. The van der Waals surface area contributed by atoms with E-state index in [0.717, 1.165) is 16.8 Å². The Kier molecular flexibility index (Phi) is 8.93. The Balaban J connectivity index is 4.08. The maximum Gasteiger partial charge on any atom is 0.121 e. The third-order valence-corrected chi connectivity index (χ3v) is 2.57. The first-order valence-corrected chi connectivity index (χ1v) is 6.16. The van der Waals surface area contributed by atoms with Gasteiger partial charge in [-0.15, -0.1) is 0 Å². The SMILES string of the molecule is C=C(C)/C(C)=C(\C)NC/C=C\C(F)=C/COCC. The van der Waals surface area contributed by atoms with E-state index in [2.05, 4.69) is 11.9 Å². The van der Waals surface area contributed by atoms with Crippen LogP contribution in [0.3, 0.4) is 0 Å². The highest BCUT2D eigenvalue weighted by Crippen LogP contribution is 2.08. The van der Waals surface area contributed by atoms with Crippen molar-refractivity contribution in [2.45, 2.75) is 27.7 Å². The smallest absolute Gasteiger partial charge is 0.121 e. The van der Waals surface area contributed by atoms with Crippen molar-refractivity contribution in [3.63, 3.8) is 0 Å². The molecular weight excluding hydrogens is 229 g/mol. The zero-order chi connectivity index (χ0) is 14.0. The largest absolute Gasteiger partial charge is 0.385 e. The van der Waals surface area contributed by atoms with Crippen molar-refractivity contribution >= 4 is 0 Å². The van der Waals surface area contributed by atoms with Gasteiger partial charge in [-0.3, -0.25) is 0 Å². The summed E-state index contributed by atoms with van der Waals surface area (Å²) < 4.78 is 18.2. The summed E-state index contributed by atoms with van der Waals surface area (Å²) in [6, 6.07) is 0. The zero-order valence-electron chi connectivity index (χ0n) is 11.8. The first-order chi connectivity index (χ1) is 8.49. The van der Waals surface area contributed by atoms with E-state index in [1.807, 2.05) is 27.7 Å². The van der Waals surface area contributed by atoms with Crippen LogP contribution in [0.4, 0.5) is 4.39 Å². The van der Waals surface area contributed by atoms with Crippen molar-refractivity contribution in [2.24, 2.45) is 0 Å². The van der Waals surface area contributed by atoms with Gasteiger partial charge in [0.25, 0.3) is 0 Å². The molecule has 102 valence electrons. The first-order valence-electron chi connectivity index (χ1n) is 6.16. The van der Waals surface area contributed by atoms with E-state index in [9.17, 15) is 4.39 Å². The van der Waals surface area contributed by atoms with Gasteiger partial charge in [-0.1, -0.05) is 18.2 Å². The van der Waals surface area contributed by atoms with E-state index in [-0.39, 0.29) is 5.83 Å². The number of nitrogens with one attached hydrogen (secondary N) is 1. The Labute approximate surface area is 110 Å². The van der Waals surface area contributed by atoms with Crippen molar-refractivity contribution < 1.29 is 9.13 Å². The minimum Gasteiger partial charge on any atom is -0.385 e. The molecule has 0 rings (SSSR count). The molecule has 0 unspecified atom stereocenters. The second-order valence-corrected chi connectivity index (χ2v) is 4.06. The molecule has 0 aliphatic carbocycles. The van der Waals surface area contributed by atoms with Crippen LogP contribution in [-0.4, -0.2) is 19.8 Å². The molecule has 0 fully saturated rings. The topological polar surface area (TPSA) is 21.3 Å². The second-order valence-electron chi connectivity index (χ2n) is 4.06. The Morgan fingerprint density at radius 2 is 2.00 bits per heavy atom. The fraction of sp³-hybridized carbons (Fsp3) is 0.467. The lowest BCUT2D eigenvalue weighted by molar-refractivity contribution is 0.176. The number of ether oxygens (including phenoxy) is 1. The average Bonchev–Trinajstić information content (AvgIpc) is 2.33. The molecule has 0 aromatic rings. The first kappa shape index (κ1) is 16.6. The predicted octanol–water partition coefficient (Wildman–Crippen LogP) is 3.89. The molecule has 0 bridgehead atoms. The van der Waals surface area contributed by atoms with Gasteiger partial charge in [-0.05, 0) is 45.4 Å². The summed E-state index contributed by atoms with van der Waals surface area (Å²) in [6.45, 7) is 13.2. The molecule has 0 aliphatic heterocycles. The molecule has 0 atom stereocenters. The summed E-state index contributed by atoms with van der Waals surface area (Å²) in [4.78, 5) is 0. The van der Waals surface area contributed by atoms with Crippen molar-refractivity contribution in [1.29, 1.82) is 0 Å². The molecule has 0 aliphatic rings. The Hall–Kier alpha value is -1.35. The van der Waals surface area contributed by atoms with Crippen molar-refractivity contribution in [3.05, 3.63) is 47.5 Å². The zero-order valence-corrected chi connectivity index (χ0v) is 11.8. The fourth-order valence-corrected chi connectivity index (χ4v) is 1.16. The molecule has 0 heterocycles. The molecule has 2 nitrogen and oxygen atoms in total. The van der Waals surface area contributed by atoms with E-state index in [4.69, 9.17) is 4.74 Å². The molecular formula is C15H24FNO. The number of rotatable bonds is 8. The second kappa shape index (κ2) is 9.66. The van der Waals surface area contributed by atoms with Crippen LogP contribution in [-0.2, 0) is 4.74 Å². The van der Waals surface area contributed by atoms with Gasteiger partial charge in [0.2, 0.25) is 0 Å². The summed E-state index contributed by atoms with van der Waals surface area (Å²) in [6.07, 6.45) is 4.60. The number of halogens is 1. The molecule has 0 radical (unpaired) electrons. The molecule has 1 N–H and O–H groups in total. The third kappa shape index (κ3) is 7.85. The van der Waals surface area contributed by atoms with E-state index in [1.165, 1.54) is 12.2 Å². The normalized spacial score (nSPS) is 13.7. The molecule has 0 spiro atoms. The van der Waals surface area contributed by atoms with Crippen LogP contribution in [0.15, 0.2) is 47.5 Å². The number of hydrogen-bond donors (Lipinski definition) is 1. The van der Waals surface area contributed by atoms with Gasteiger partial charge in [0.05, 0.1) is 6.61 Å². The monoisotopic (exact) mass is 253 g/mol. The third-order valence-electron chi connectivity index (χ3n) is 2.57. The number of allylic oxidation sites excluding steroid dienone is 5. The summed E-state index contributed by atoms with van der Waals surface area (Å²) >= 11 is 0. The van der Waals surface area contributed by atoms with Crippen LogP contribution in [0.1, 0.15) is 27.7 Å². The van der Waals surface area contributed by atoms with Crippen molar-refractivity contribution in [1.82, 2.24) is 5.32 Å². The van der Waals surface area contributed by atoms with Crippen LogP contribution in [0.25, 0.3) is 0 Å². The van der Waals surface area contributed by atoms with Gasteiger partial charge >= 0.3 is 0 Å². The highest BCUT2D eigenvalue weighted by atomic mass is 19.1. The van der Waals surface area contributed by atoms with E-state index in [0.29, 0.717) is 19.8 Å². The number of hydrogen-bond acceptors (Lipinski definition) is 2. The maximum absolute atomic E-state index is 13.2. The van der Waals surface area contributed by atoms with E-state index < -0.39 is 0 Å². The Bertz CT molecular complexity index is 354. The standard InChI is InChI=1S/C15H24FNO/c1-6-18-11-9-15(16)8-7-10-17-14(5)13(4)12(2)3/h7-9,17H,2,6,10-11H2,1,3-5H3/b8-7-,14-13+,15-9+. The average molecular weight is 253 g/mol. The summed E-state index contributed by atoms with van der Waals surface area (Å²) in [7, 11) is 0. The van der Waals surface area contributed by atoms with Crippen molar-refractivity contribution in [3.8, 4) is 0 Å². The lowest BCUT2D eigenvalue weighted by Gasteiger charge is -2.08. The molecule has 0 amide bonds. The van der Waals surface area contributed by atoms with Gasteiger partial charge in [0.15, 0.2) is 0 Å². The Morgan fingerprint density at radius 1 is 1.33 bits per heavy atom. The van der Waals surface area contributed by atoms with Crippen LogP contribution in [0.2, 0.25) is 0 Å². The molecule has 0 saturated carbocycles. The van der Waals surface area contributed by atoms with E-state index >= 15 is 0 Å². The lowest BCUT2D eigenvalue weighted by Crippen LogP contribution is -2.12. The van der Waals surface area contributed by atoms with Gasteiger partial charge in [0, 0.05) is 18.8 Å². The minimum atomic E-state index is -0.275. The fourth-order valence-electron chi connectivity index (χ4n) is 1.16. The van der Waals surface area contributed by atoms with Crippen LogP contribution < -0.4 is 5.32 Å². The predicted molar refractivity (Wildman–Crippen MR) is 76.0 cm³/mol. The van der Waals surface area contributed by atoms with Gasteiger partial charge < -0.3 is 10.1 Å². The molecule has 18 heavy (non-hydrogen) atoms. The molecule has 0 saturated heterocycles. The van der Waals surface area contributed by atoms with Crippen LogP contribution in [0, 0.1) is 0 Å². The van der Waals surface area contributed by atoms with Gasteiger partial charge in [-0.2, -0.15) is 0 Å². The van der Waals surface area contributed by atoms with Crippen LogP contribution >= 0.6 is 0 Å². The van der Waals surface area contributed by atoms with Crippen molar-refractivity contribution in [2.75, 3.05) is 19.8 Å². The lowest BCUT2D eigenvalue weighted by atomic mass is 10.1. The van der Waals surface area contributed by atoms with Gasteiger partial charge in [-0.25, -0.2) is 4.39 Å². The van der Waals surface area contributed by atoms with Gasteiger partial charge in [0.1, 0.15) is 5.83 Å². The maximum atomic E-state index is 13.2. The summed E-state index contributed by atoms with van der Waals surface area (Å²) in [5.41, 5.74) is 3.23. The Morgan fingerprint density at radius 3 is 2.56 bits per heavy atom. The molecule has 0 aromatic carbocycles. The molecule has 3 heteroatoms. The quantitative estimate of drug-likeness (QED) is 0.523.